The van der Waals surface area contributed by atoms with E-state index in [0.29, 0.717) is 0 Å². The maximum absolute atomic E-state index is 2.50. The molecule has 3 atom stereocenters. The minimum absolute atomic E-state index is 1.02. The van der Waals surface area contributed by atoms with E-state index < -0.39 is 16.2 Å². The molecule has 0 nitrogen and oxygen atoms in total. The van der Waals surface area contributed by atoms with Crippen LogP contribution in [0.15, 0.2) is 0 Å². The molecule has 0 aromatic carbocycles. The van der Waals surface area contributed by atoms with E-state index in [1.165, 1.54) is 19.3 Å². The average molecular weight is 241 g/mol. The number of hydrogen-bond donors (Lipinski definition) is 0. The average Bonchev–Trinajstić information content (AvgIpc) is 2.16. The van der Waals surface area contributed by atoms with E-state index in [1.54, 1.807) is 0 Å². The van der Waals surface area contributed by atoms with Crippen LogP contribution in [-0.4, -0.2) is 16.2 Å². The van der Waals surface area contributed by atoms with E-state index in [1.807, 2.05) is 0 Å². The first kappa shape index (κ1) is 13.6. The first-order valence-electron chi connectivity index (χ1n) is 6.08. The van der Waals surface area contributed by atoms with Crippen LogP contribution in [0.4, 0.5) is 0 Å². The van der Waals surface area contributed by atoms with Crippen LogP contribution in [0.3, 0.4) is 0 Å². The van der Waals surface area contributed by atoms with Gasteiger partial charge in [0.15, 0.2) is 0 Å². The van der Waals surface area contributed by atoms with E-state index in [2.05, 4.69) is 41.5 Å². The van der Waals surface area contributed by atoms with Gasteiger partial charge in [0.2, 0.25) is 0 Å². The third-order valence-corrected chi connectivity index (χ3v) is 15.1. The van der Waals surface area contributed by atoms with Crippen molar-refractivity contribution in [3.8, 4) is 0 Å². The minimum atomic E-state index is -1.02. The van der Waals surface area contributed by atoms with E-state index in [-0.39, 0.29) is 0 Å². The topological polar surface area (TPSA) is 0 Å². The zero-order chi connectivity index (χ0) is 10.4. The van der Waals surface area contributed by atoms with Crippen molar-refractivity contribution in [3.63, 3.8) is 0 Å². The molecule has 3 unspecified atom stereocenters. The summed E-state index contributed by atoms with van der Waals surface area (Å²) in [4.78, 5) is 0. The molecule has 0 aliphatic heterocycles. The molecular formula is C12H27Ga. The summed E-state index contributed by atoms with van der Waals surface area (Å²) in [7, 11) is 0. The Morgan fingerprint density at radius 2 is 0.923 bits per heavy atom. The second-order valence-corrected chi connectivity index (χ2v) is 14.3. The summed E-state index contributed by atoms with van der Waals surface area (Å²) in [5.41, 5.74) is 0. The van der Waals surface area contributed by atoms with Crippen LogP contribution in [-0.2, 0) is 0 Å². The van der Waals surface area contributed by atoms with Gasteiger partial charge in [0, 0.05) is 0 Å². The van der Waals surface area contributed by atoms with Crippen LogP contribution in [0.25, 0.3) is 0 Å². The Bertz CT molecular complexity index is 98.5. The molecule has 0 radical (unpaired) electrons. The number of hydrogen-bond acceptors (Lipinski definition) is 0. The van der Waals surface area contributed by atoms with Crippen LogP contribution in [0.2, 0.25) is 13.4 Å². The Morgan fingerprint density at radius 3 is 1.08 bits per heavy atom. The molecule has 0 aliphatic carbocycles. The van der Waals surface area contributed by atoms with Gasteiger partial charge in [-0.2, -0.15) is 0 Å². The molecule has 0 fully saturated rings. The van der Waals surface area contributed by atoms with Gasteiger partial charge in [0.1, 0.15) is 0 Å². The van der Waals surface area contributed by atoms with Gasteiger partial charge < -0.3 is 0 Å². The van der Waals surface area contributed by atoms with Crippen molar-refractivity contribution in [3.05, 3.63) is 0 Å². The van der Waals surface area contributed by atoms with Gasteiger partial charge in [0.05, 0.1) is 0 Å². The van der Waals surface area contributed by atoms with Crippen molar-refractivity contribution >= 4 is 16.2 Å². The summed E-state index contributed by atoms with van der Waals surface area (Å²) in [6, 6.07) is 0. The summed E-state index contributed by atoms with van der Waals surface area (Å²) >= 11 is -1.02. The third kappa shape index (κ3) is 4.12. The molecule has 0 saturated carbocycles. The van der Waals surface area contributed by atoms with Gasteiger partial charge in [-0.1, -0.05) is 0 Å². The predicted octanol–water partition coefficient (Wildman–Crippen LogP) is 4.88. The SMILES string of the molecule is CC[CH](C)[Ga]([CH](C)CC)[CH](C)CC. The van der Waals surface area contributed by atoms with Crippen LogP contribution in [0.1, 0.15) is 60.8 Å². The quantitative estimate of drug-likeness (QED) is 0.581. The van der Waals surface area contributed by atoms with Crippen LogP contribution in [0, 0.1) is 0 Å². The molecule has 0 N–H and O–H groups in total. The molecule has 13 heavy (non-hydrogen) atoms. The maximum atomic E-state index is 2.50. The van der Waals surface area contributed by atoms with Crippen molar-refractivity contribution in [1.82, 2.24) is 0 Å². The Balaban J connectivity index is 4.34. The molecule has 0 bridgehead atoms. The zero-order valence-electron chi connectivity index (χ0n) is 10.4. The van der Waals surface area contributed by atoms with Crippen molar-refractivity contribution in [2.75, 3.05) is 0 Å². The monoisotopic (exact) mass is 240 g/mol. The van der Waals surface area contributed by atoms with E-state index in [4.69, 9.17) is 0 Å². The Hall–Kier alpha value is 0.636. The van der Waals surface area contributed by atoms with Gasteiger partial charge in [-0.05, 0) is 0 Å². The van der Waals surface area contributed by atoms with Crippen molar-refractivity contribution < 1.29 is 0 Å². The second-order valence-electron chi connectivity index (χ2n) is 4.73. The second kappa shape index (κ2) is 7.00. The summed E-state index contributed by atoms with van der Waals surface area (Å²) in [5, 5.41) is 0. The normalized spacial score (nSPS) is 18.0. The molecule has 0 saturated heterocycles. The van der Waals surface area contributed by atoms with Gasteiger partial charge in [-0.25, -0.2) is 0 Å². The Kier molecular flexibility index (Phi) is 7.34. The first-order valence-corrected chi connectivity index (χ1v) is 10.3. The molecule has 78 valence electrons. The van der Waals surface area contributed by atoms with Crippen molar-refractivity contribution in [1.29, 1.82) is 0 Å². The summed E-state index contributed by atoms with van der Waals surface area (Å²) < 4.78 is 3.24. The summed E-state index contributed by atoms with van der Waals surface area (Å²) in [6.45, 7) is 14.6. The molecule has 0 aromatic rings. The van der Waals surface area contributed by atoms with Crippen LogP contribution >= 0.6 is 0 Å². The molecule has 1 heteroatoms. The molecule has 0 amide bonds. The van der Waals surface area contributed by atoms with Gasteiger partial charge in [-0.15, -0.1) is 0 Å². The molecule has 0 heterocycles. The fourth-order valence-electron chi connectivity index (χ4n) is 2.50. The Labute approximate surface area is 90.5 Å². The van der Waals surface area contributed by atoms with Gasteiger partial charge >= 0.3 is 90.4 Å². The Morgan fingerprint density at radius 1 is 0.692 bits per heavy atom. The first-order chi connectivity index (χ1) is 6.08. The summed E-state index contributed by atoms with van der Waals surface area (Å²) in [6.07, 6.45) is 4.25. The summed E-state index contributed by atoms with van der Waals surface area (Å²) in [5.74, 6) is 0. The fourth-order valence-corrected chi connectivity index (χ4v) is 13.0. The van der Waals surface area contributed by atoms with E-state index in [0.717, 1.165) is 13.4 Å². The van der Waals surface area contributed by atoms with E-state index >= 15 is 0 Å². The van der Waals surface area contributed by atoms with Crippen LogP contribution < -0.4 is 0 Å². The van der Waals surface area contributed by atoms with Gasteiger partial charge in [-0.3, -0.25) is 0 Å². The molecular weight excluding hydrogens is 214 g/mol. The molecule has 0 spiro atoms. The van der Waals surface area contributed by atoms with Crippen molar-refractivity contribution in [2.45, 2.75) is 74.2 Å². The van der Waals surface area contributed by atoms with E-state index in [9.17, 15) is 0 Å². The number of rotatable bonds is 6. The van der Waals surface area contributed by atoms with Crippen molar-refractivity contribution in [2.24, 2.45) is 0 Å². The standard InChI is InChI=1S/3C4H9.Ga/c3*1-3-4-2;/h3*3H,4H2,1-2H3;. The van der Waals surface area contributed by atoms with Crippen LogP contribution in [0.5, 0.6) is 0 Å². The molecule has 0 aliphatic rings. The van der Waals surface area contributed by atoms with Gasteiger partial charge in [0.25, 0.3) is 0 Å². The fraction of sp³-hybridized carbons (Fsp3) is 1.00. The molecule has 0 aromatic heterocycles. The third-order valence-electron chi connectivity index (χ3n) is 3.90. The zero-order valence-corrected chi connectivity index (χ0v) is 12.9. The predicted molar refractivity (Wildman–Crippen MR) is 64.9 cm³/mol. The molecule has 0 rings (SSSR count).